The van der Waals surface area contributed by atoms with Gasteiger partial charge in [-0.1, -0.05) is 0 Å². The van der Waals surface area contributed by atoms with E-state index in [4.69, 9.17) is 5.26 Å². The van der Waals surface area contributed by atoms with Crippen molar-refractivity contribution in [3.8, 4) is 6.07 Å². The number of nitrogens with zero attached hydrogens (tertiary/aromatic N) is 1. The minimum atomic E-state index is -1.63. The lowest BCUT2D eigenvalue weighted by molar-refractivity contribution is -0.156. The third kappa shape index (κ3) is 2.53. The first-order chi connectivity index (χ1) is 7.10. The van der Waals surface area contributed by atoms with E-state index in [2.05, 4.69) is 4.74 Å². The highest BCUT2D eigenvalue weighted by molar-refractivity contribution is 7.10. The van der Waals surface area contributed by atoms with Crippen molar-refractivity contribution in [3.05, 3.63) is 21.9 Å². The molecular formula is C9H9NO4S. The van der Waals surface area contributed by atoms with Gasteiger partial charge in [0, 0.05) is 0 Å². The molecule has 0 spiro atoms. The Morgan fingerprint density at radius 1 is 1.67 bits per heavy atom. The molecule has 1 rings (SSSR count). The van der Waals surface area contributed by atoms with Crippen molar-refractivity contribution in [1.29, 1.82) is 5.26 Å². The number of aliphatic hydroxyl groups excluding tert-OH is 2. The highest BCUT2D eigenvalue weighted by Crippen LogP contribution is 2.23. The third-order valence-corrected chi connectivity index (χ3v) is 2.67. The predicted octanol–water partition coefficient (Wildman–Crippen LogP) is 0.187. The minimum Gasteiger partial charge on any atom is -0.467 e. The summed E-state index contributed by atoms with van der Waals surface area (Å²) < 4.78 is 4.28. The summed E-state index contributed by atoms with van der Waals surface area (Å²) in [5.74, 6) is -0.910. The largest absolute Gasteiger partial charge is 0.467 e. The van der Waals surface area contributed by atoms with E-state index in [1.165, 1.54) is 11.4 Å². The van der Waals surface area contributed by atoms with Crippen LogP contribution in [0.15, 0.2) is 11.4 Å². The maximum Gasteiger partial charge on any atom is 0.337 e. The summed E-state index contributed by atoms with van der Waals surface area (Å²) in [6, 6.07) is 3.31. The first-order valence-corrected chi connectivity index (χ1v) is 4.90. The highest BCUT2D eigenvalue weighted by atomic mass is 32.1. The maximum absolute atomic E-state index is 10.9. The number of hydrogen-bond acceptors (Lipinski definition) is 6. The summed E-state index contributed by atoms with van der Waals surface area (Å²) in [5, 5.41) is 28.9. The van der Waals surface area contributed by atoms with Crippen LogP contribution in [0.4, 0.5) is 0 Å². The monoisotopic (exact) mass is 227 g/mol. The zero-order valence-corrected chi connectivity index (χ0v) is 8.69. The van der Waals surface area contributed by atoms with Crippen molar-refractivity contribution < 1.29 is 19.7 Å². The zero-order chi connectivity index (χ0) is 11.4. The molecule has 0 amide bonds. The molecule has 0 aromatic carbocycles. The number of carbonyl (C=O) groups excluding carboxylic acids is 1. The number of nitriles is 1. The number of methoxy groups -OCH3 is 1. The van der Waals surface area contributed by atoms with Gasteiger partial charge in [0.1, 0.15) is 17.1 Å². The molecule has 0 saturated heterocycles. The molecule has 1 aromatic heterocycles. The van der Waals surface area contributed by atoms with Crippen molar-refractivity contribution in [3.63, 3.8) is 0 Å². The van der Waals surface area contributed by atoms with Gasteiger partial charge < -0.3 is 14.9 Å². The van der Waals surface area contributed by atoms with Crippen molar-refractivity contribution in [2.24, 2.45) is 0 Å². The fourth-order valence-corrected chi connectivity index (χ4v) is 1.72. The first-order valence-electron chi connectivity index (χ1n) is 4.02. The van der Waals surface area contributed by atoms with Crippen LogP contribution in [0, 0.1) is 11.3 Å². The Bertz CT molecular complexity index is 395. The molecule has 2 N–H and O–H groups in total. The van der Waals surface area contributed by atoms with Crippen molar-refractivity contribution >= 4 is 17.3 Å². The van der Waals surface area contributed by atoms with E-state index in [1.54, 1.807) is 0 Å². The third-order valence-electron chi connectivity index (χ3n) is 1.81. The number of rotatable bonds is 3. The van der Waals surface area contributed by atoms with Crippen LogP contribution in [0.3, 0.4) is 0 Å². The molecule has 0 fully saturated rings. The van der Waals surface area contributed by atoms with Crippen LogP contribution in [-0.2, 0) is 9.53 Å². The molecule has 0 aliphatic rings. The van der Waals surface area contributed by atoms with Crippen LogP contribution >= 0.6 is 11.3 Å². The highest BCUT2D eigenvalue weighted by Gasteiger charge is 2.27. The normalized spacial score (nSPS) is 14.0. The van der Waals surface area contributed by atoms with E-state index in [0.717, 1.165) is 18.4 Å². The van der Waals surface area contributed by atoms with Crippen LogP contribution < -0.4 is 0 Å². The van der Waals surface area contributed by atoms with Crippen molar-refractivity contribution in [1.82, 2.24) is 0 Å². The Morgan fingerprint density at radius 2 is 2.33 bits per heavy atom. The molecule has 0 radical (unpaired) electrons. The van der Waals surface area contributed by atoms with Gasteiger partial charge in [-0.2, -0.15) is 5.26 Å². The number of carbonyl (C=O) groups is 1. The molecule has 0 aliphatic carbocycles. The standard InChI is InChI=1S/C9H9NO4S/c1-14-9(13)8(12)7(11)5-2-6(3-10)15-4-5/h2,4,7-8,11-12H,1H3. The van der Waals surface area contributed by atoms with Gasteiger partial charge in [-0.15, -0.1) is 11.3 Å². The molecule has 15 heavy (non-hydrogen) atoms. The lowest BCUT2D eigenvalue weighted by atomic mass is 10.1. The lowest BCUT2D eigenvalue weighted by Gasteiger charge is -2.13. The fourth-order valence-electron chi connectivity index (χ4n) is 0.997. The van der Waals surface area contributed by atoms with Gasteiger partial charge in [-0.05, 0) is 17.0 Å². The van der Waals surface area contributed by atoms with E-state index in [1.807, 2.05) is 6.07 Å². The molecule has 5 nitrogen and oxygen atoms in total. The molecule has 80 valence electrons. The molecule has 2 unspecified atom stereocenters. The summed E-state index contributed by atoms with van der Waals surface area (Å²) in [7, 11) is 1.12. The fraction of sp³-hybridized carbons (Fsp3) is 0.333. The van der Waals surface area contributed by atoms with Crippen LogP contribution in [-0.4, -0.2) is 29.4 Å². The number of esters is 1. The van der Waals surface area contributed by atoms with Gasteiger partial charge in [0.05, 0.1) is 7.11 Å². The number of thiophene rings is 1. The van der Waals surface area contributed by atoms with E-state index in [0.29, 0.717) is 10.4 Å². The van der Waals surface area contributed by atoms with Gasteiger partial charge in [0.15, 0.2) is 6.10 Å². The lowest BCUT2D eigenvalue weighted by Crippen LogP contribution is -2.28. The summed E-state index contributed by atoms with van der Waals surface area (Å²) >= 11 is 1.13. The summed E-state index contributed by atoms with van der Waals surface area (Å²) in [6.07, 6.45) is -2.99. The Balaban J connectivity index is 2.80. The first kappa shape index (κ1) is 11.7. The summed E-state index contributed by atoms with van der Waals surface area (Å²) in [4.78, 5) is 11.3. The quantitative estimate of drug-likeness (QED) is 0.719. The average molecular weight is 227 g/mol. The molecular weight excluding hydrogens is 218 g/mol. The minimum absolute atomic E-state index is 0.328. The van der Waals surface area contributed by atoms with E-state index in [9.17, 15) is 15.0 Å². The predicted molar refractivity (Wildman–Crippen MR) is 52.0 cm³/mol. The van der Waals surface area contributed by atoms with Crippen LogP contribution in [0.25, 0.3) is 0 Å². The molecule has 0 bridgehead atoms. The van der Waals surface area contributed by atoms with Crippen molar-refractivity contribution in [2.45, 2.75) is 12.2 Å². The molecule has 0 saturated carbocycles. The van der Waals surface area contributed by atoms with E-state index in [-0.39, 0.29) is 0 Å². The summed E-state index contributed by atoms with van der Waals surface area (Å²) in [6.45, 7) is 0. The van der Waals surface area contributed by atoms with Gasteiger partial charge in [-0.25, -0.2) is 4.79 Å². The molecule has 1 aromatic rings. The number of aliphatic hydroxyl groups is 2. The Morgan fingerprint density at radius 3 is 2.80 bits per heavy atom. The summed E-state index contributed by atoms with van der Waals surface area (Å²) in [5.41, 5.74) is 0.328. The van der Waals surface area contributed by atoms with Gasteiger partial charge >= 0.3 is 5.97 Å². The molecule has 6 heteroatoms. The van der Waals surface area contributed by atoms with Crippen LogP contribution in [0.2, 0.25) is 0 Å². The smallest absolute Gasteiger partial charge is 0.337 e. The van der Waals surface area contributed by atoms with Crippen LogP contribution in [0.1, 0.15) is 16.5 Å². The average Bonchev–Trinajstić information content (AvgIpc) is 2.74. The molecule has 0 aliphatic heterocycles. The SMILES string of the molecule is COC(=O)C(O)C(O)c1csc(C#N)c1. The number of ether oxygens (including phenoxy) is 1. The molecule has 1 heterocycles. The van der Waals surface area contributed by atoms with Gasteiger partial charge in [0.25, 0.3) is 0 Å². The zero-order valence-electron chi connectivity index (χ0n) is 7.88. The van der Waals surface area contributed by atoms with Crippen molar-refractivity contribution in [2.75, 3.05) is 7.11 Å². The van der Waals surface area contributed by atoms with Gasteiger partial charge in [0.2, 0.25) is 0 Å². The second-order valence-electron chi connectivity index (χ2n) is 2.77. The molecule has 2 atom stereocenters. The Hall–Kier alpha value is -1.42. The van der Waals surface area contributed by atoms with E-state index < -0.39 is 18.2 Å². The topological polar surface area (TPSA) is 90.6 Å². The second-order valence-corrected chi connectivity index (χ2v) is 3.68. The Kier molecular flexibility index (Phi) is 3.80. The number of hydrogen-bond donors (Lipinski definition) is 2. The Labute approximate surface area is 90.2 Å². The maximum atomic E-state index is 10.9. The van der Waals surface area contributed by atoms with Gasteiger partial charge in [-0.3, -0.25) is 0 Å². The van der Waals surface area contributed by atoms with Crippen LogP contribution in [0.5, 0.6) is 0 Å². The second kappa shape index (κ2) is 4.89. The van der Waals surface area contributed by atoms with E-state index >= 15 is 0 Å².